The molecule has 0 saturated heterocycles. The molecule has 10 heteroatoms. The molecule has 0 aliphatic rings. The molecule has 0 aromatic carbocycles. The summed E-state index contributed by atoms with van der Waals surface area (Å²) in [5, 5.41) is 0. The van der Waals surface area contributed by atoms with Gasteiger partial charge in [-0.2, -0.15) is 0 Å². The van der Waals surface area contributed by atoms with Crippen LogP contribution in [0.15, 0.2) is 0 Å². The SMILES string of the molecule is C[Si](C)(C)OP(=O)(O)O[Si](C)(C)CC(F)(F)CF. The lowest BCUT2D eigenvalue weighted by molar-refractivity contribution is -0.00632. The Labute approximate surface area is 107 Å². The van der Waals surface area contributed by atoms with Gasteiger partial charge in [-0.05, 0) is 32.7 Å². The summed E-state index contributed by atoms with van der Waals surface area (Å²) >= 11 is 0. The molecule has 0 bridgehead atoms. The van der Waals surface area contributed by atoms with Crippen molar-refractivity contribution in [2.75, 3.05) is 6.67 Å². The van der Waals surface area contributed by atoms with E-state index in [2.05, 4.69) is 0 Å². The minimum atomic E-state index is -4.36. The van der Waals surface area contributed by atoms with E-state index in [0.717, 1.165) is 0 Å². The number of hydrogen-bond acceptors (Lipinski definition) is 3. The molecule has 0 fully saturated rings. The van der Waals surface area contributed by atoms with E-state index in [1.807, 2.05) is 0 Å². The zero-order chi connectivity index (χ0) is 14.8. The van der Waals surface area contributed by atoms with Crippen molar-refractivity contribution < 1.29 is 31.1 Å². The largest absolute Gasteiger partial charge is 0.452 e. The Bertz CT molecular complexity index is 333. The highest BCUT2D eigenvalue weighted by Crippen LogP contribution is 2.50. The third-order valence-corrected chi connectivity index (χ3v) is 9.01. The molecule has 0 aliphatic carbocycles. The smallest absolute Gasteiger partial charge is 0.331 e. The van der Waals surface area contributed by atoms with Crippen LogP contribution >= 0.6 is 7.82 Å². The van der Waals surface area contributed by atoms with Crippen molar-refractivity contribution in [2.45, 2.75) is 44.7 Å². The molecule has 1 unspecified atom stereocenters. The normalized spacial score (nSPS) is 17.6. The molecule has 0 amide bonds. The van der Waals surface area contributed by atoms with Crippen molar-refractivity contribution in [1.82, 2.24) is 0 Å². The minimum absolute atomic E-state index is 0.865. The maximum Gasteiger partial charge on any atom is 0.452 e. The van der Waals surface area contributed by atoms with Crippen LogP contribution in [-0.4, -0.2) is 34.1 Å². The molecule has 4 nitrogen and oxygen atoms in total. The summed E-state index contributed by atoms with van der Waals surface area (Å²) in [5.41, 5.74) is 0. The second-order valence-corrected chi connectivity index (χ2v) is 16.2. The lowest BCUT2D eigenvalue weighted by Gasteiger charge is -2.30. The first-order chi connectivity index (χ1) is 7.68. The number of phosphoric acid groups is 1. The topological polar surface area (TPSA) is 55.8 Å². The van der Waals surface area contributed by atoms with Crippen LogP contribution in [0.25, 0.3) is 0 Å². The van der Waals surface area contributed by atoms with Crippen LogP contribution in [0.5, 0.6) is 0 Å². The van der Waals surface area contributed by atoms with Crippen LogP contribution in [0, 0.1) is 0 Å². The van der Waals surface area contributed by atoms with Crippen molar-refractivity contribution in [1.29, 1.82) is 0 Å². The standard InChI is InChI=1S/C8H20F3O4PSi2/c1-17(2,3)14-16(12,13)15-18(4,5)7-8(10,11)6-9/h6-7H2,1-5H3,(H,12,13). The fourth-order valence-corrected chi connectivity index (χ4v) is 8.73. The minimum Gasteiger partial charge on any atom is -0.331 e. The van der Waals surface area contributed by atoms with E-state index in [1.165, 1.54) is 13.1 Å². The Balaban J connectivity index is 4.71. The molecule has 1 N–H and O–H groups in total. The number of hydrogen-bond donors (Lipinski definition) is 1. The Morgan fingerprint density at radius 2 is 1.61 bits per heavy atom. The average Bonchev–Trinajstić information content (AvgIpc) is 1.93. The van der Waals surface area contributed by atoms with E-state index in [-0.39, 0.29) is 0 Å². The van der Waals surface area contributed by atoms with Gasteiger partial charge in [0, 0.05) is 6.04 Å². The van der Waals surface area contributed by atoms with E-state index < -0.39 is 43.1 Å². The molecule has 0 saturated carbocycles. The van der Waals surface area contributed by atoms with Crippen molar-refractivity contribution >= 4 is 24.5 Å². The predicted molar refractivity (Wildman–Crippen MR) is 68.6 cm³/mol. The third kappa shape index (κ3) is 8.44. The van der Waals surface area contributed by atoms with Gasteiger partial charge in [0.25, 0.3) is 5.92 Å². The summed E-state index contributed by atoms with van der Waals surface area (Å²) in [6.07, 6.45) is 0. The van der Waals surface area contributed by atoms with Gasteiger partial charge in [0.1, 0.15) is 0 Å². The second-order valence-electron chi connectivity index (χ2n) is 5.69. The number of alkyl halides is 3. The van der Waals surface area contributed by atoms with Gasteiger partial charge in [-0.15, -0.1) is 0 Å². The lowest BCUT2D eigenvalue weighted by atomic mass is 10.4. The monoisotopic (exact) mass is 324 g/mol. The first-order valence-corrected chi connectivity index (χ1v) is 13.4. The van der Waals surface area contributed by atoms with Crippen LogP contribution in [0.3, 0.4) is 0 Å². The highest BCUT2D eigenvalue weighted by atomic mass is 31.2. The van der Waals surface area contributed by atoms with Crippen molar-refractivity contribution in [3.63, 3.8) is 0 Å². The zero-order valence-corrected chi connectivity index (χ0v) is 14.1. The summed E-state index contributed by atoms with van der Waals surface area (Å²) < 4.78 is 59.4. The van der Waals surface area contributed by atoms with Gasteiger partial charge in [-0.1, -0.05) is 0 Å². The molecular formula is C8H20F3O4PSi2. The third-order valence-electron chi connectivity index (χ3n) is 1.63. The Kier molecular flexibility index (Phi) is 5.87. The van der Waals surface area contributed by atoms with Crippen molar-refractivity contribution in [3.05, 3.63) is 0 Å². The molecule has 0 aromatic rings. The van der Waals surface area contributed by atoms with E-state index in [9.17, 15) is 22.6 Å². The predicted octanol–water partition coefficient (Wildman–Crippen LogP) is 3.76. The van der Waals surface area contributed by atoms with Crippen LogP contribution in [-0.2, 0) is 13.0 Å². The first-order valence-electron chi connectivity index (χ1n) is 5.36. The van der Waals surface area contributed by atoms with Crippen LogP contribution < -0.4 is 0 Å². The van der Waals surface area contributed by atoms with E-state index in [0.29, 0.717) is 0 Å². The summed E-state index contributed by atoms with van der Waals surface area (Å²) in [5.74, 6) is -3.53. The second kappa shape index (κ2) is 5.76. The van der Waals surface area contributed by atoms with Crippen molar-refractivity contribution in [3.8, 4) is 0 Å². The Hall–Kier alpha value is 0.334. The van der Waals surface area contributed by atoms with Crippen LogP contribution in [0.2, 0.25) is 38.8 Å². The molecule has 1 atom stereocenters. The molecule has 0 spiro atoms. The summed E-state index contributed by atoms with van der Waals surface area (Å²) in [7, 11) is -9.90. The molecule has 0 heterocycles. The zero-order valence-electron chi connectivity index (χ0n) is 11.2. The quantitative estimate of drug-likeness (QED) is 0.572. The average molecular weight is 324 g/mol. The van der Waals surface area contributed by atoms with Gasteiger partial charge < -0.3 is 13.3 Å². The maximum absolute atomic E-state index is 12.9. The van der Waals surface area contributed by atoms with Gasteiger partial charge in [0.05, 0.1) is 0 Å². The Morgan fingerprint density at radius 3 is 1.94 bits per heavy atom. The van der Waals surface area contributed by atoms with Crippen LogP contribution in [0.4, 0.5) is 13.2 Å². The summed E-state index contributed by atoms with van der Waals surface area (Å²) in [4.78, 5) is 9.50. The molecule has 0 aliphatic heterocycles. The number of rotatable bonds is 7. The molecule has 18 heavy (non-hydrogen) atoms. The van der Waals surface area contributed by atoms with Gasteiger partial charge in [0.2, 0.25) is 8.32 Å². The fraction of sp³-hybridized carbons (Fsp3) is 1.00. The number of halogens is 3. The lowest BCUT2D eigenvalue weighted by Crippen LogP contribution is -2.39. The highest BCUT2D eigenvalue weighted by molar-refractivity contribution is 7.51. The molecular weight excluding hydrogens is 304 g/mol. The molecule has 0 aromatic heterocycles. The molecule has 0 rings (SSSR count). The van der Waals surface area contributed by atoms with E-state index in [1.54, 1.807) is 19.6 Å². The fourth-order valence-electron chi connectivity index (χ4n) is 1.38. The van der Waals surface area contributed by atoms with E-state index in [4.69, 9.17) is 8.43 Å². The van der Waals surface area contributed by atoms with E-state index >= 15 is 0 Å². The first kappa shape index (κ1) is 18.3. The van der Waals surface area contributed by atoms with Gasteiger partial charge in [0.15, 0.2) is 15.0 Å². The van der Waals surface area contributed by atoms with Crippen molar-refractivity contribution in [2.24, 2.45) is 0 Å². The van der Waals surface area contributed by atoms with Gasteiger partial charge in [-0.3, -0.25) is 0 Å². The maximum atomic E-state index is 12.9. The summed E-state index contributed by atoms with van der Waals surface area (Å²) in [6.45, 7) is 5.86. The molecule has 110 valence electrons. The molecule has 0 radical (unpaired) electrons. The summed E-state index contributed by atoms with van der Waals surface area (Å²) in [6, 6.07) is -0.865. The van der Waals surface area contributed by atoms with Gasteiger partial charge >= 0.3 is 7.82 Å². The highest BCUT2D eigenvalue weighted by Gasteiger charge is 2.44. The van der Waals surface area contributed by atoms with Crippen LogP contribution in [0.1, 0.15) is 0 Å². The Morgan fingerprint density at radius 1 is 1.17 bits per heavy atom. The van der Waals surface area contributed by atoms with Gasteiger partial charge in [-0.25, -0.2) is 17.7 Å².